The van der Waals surface area contributed by atoms with E-state index in [2.05, 4.69) is 0 Å². The van der Waals surface area contributed by atoms with E-state index in [1.807, 2.05) is 48.5 Å². The van der Waals surface area contributed by atoms with Crippen LogP contribution in [0.4, 0.5) is 0 Å². The van der Waals surface area contributed by atoms with Gasteiger partial charge in [0.2, 0.25) is 6.79 Å². The number of esters is 1. The molecule has 132 valence electrons. The second-order valence-corrected chi connectivity index (χ2v) is 6.12. The summed E-state index contributed by atoms with van der Waals surface area (Å²) < 4.78 is 21.8. The number of benzene rings is 3. The number of ether oxygens (including phenoxy) is 3. The molecule has 4 aromatic rings. The lowest BCUT2D eigenvalue weighted by atomic mass is 10.1. The second kappa shape index (κ2) is 6.21. The minimum atomic E-state index is -0.459. The van der Waals surface area contributed by atoms with E-state index in [0.717, 1.165) is 27.5 Å². The van der Waals surface area contributed by atoms with E-state index in [1.165, 1.54) is 6.08 Å². The Bertz CT molecular complexity index is 1200. The smallest absolute Gasteiger partial charge is 0.336 e. The molecule has 0 amide bonds. The van der Waals surface area contributed by atoms with Crippen molar-refractivity contribution in [1.29, 1.82) is 0 Å². The van der Waals surface area contributed by atoms with E-state index in [-0.39, 0.29) is 6.79 Å². The average molecular weight is 358 g/mol. The van der Waals surface area contributed by atoms with Gasteiger partial charge in [-0.25, -0.2) is 4.79 Å². The molecule has 1 aliphatic heterocycles. The average Bonchev–Trinajstić information content (AvgIpc) is 3.30. The summed E-state index contributed by atoms with van der Waals surface area (Å²) in [5, 5.41) is 1.90. The molecule has 0 spiro atoms. The van der Waals surface area contributed by atoms with Gasteiger partial charge < -0.3 is 18.6 Å². The Hall–Kier alpha value is -3.73. The summed E-state index contributed by atoms with van der Waals surface area (Å²) in [6, 6.07) is 18.6. The highest BCUT2D eigenvalue weighted by atomic mass is 16.7. The van der Waals surface area contributed by atoms with Crippen molar-refractivity contribution in [3.8, 4) is 17.2 Å². The monoisotopic (exact) mass is 358 g/mol. The zero-order valence-corrected chi connectivity index (χ0v) is 14.2. The van der Waals surface area contributed by atoms with Crippen LogP contribution in [0.1, 0.15) is 5.56 Å². The van der Waals surface area contributed by atoms with Crippen molar-refractivity contribution in [1.82, 2.24) is 0 Å². The summed E-state index contributed by atoms with van der Waals surface area (Å²) >= 11 is 0. The highest BCUT2D eigenvalue weighted by Gasteiger charge is 2.13. The summed E-state index contributed by atoms with van der Waals surface area (Å²) in [4.78, 5) is 12.2. The lowest BCUT2D eigenvalue weighted by Gasteiger charge is -2.01. The molecule has 0 atom stereocenters. The van der Waals surface area contributed by atoms with Crippen molar-refractivity contribution >= 4 is 34.0 Å². The third-order valence-corrected chi connectivity index (χ3v) is 4.38. The molecule has 0 saturated heterocycles. The predicted molar refractivity (Wildman–Crippen MR) is 101 cm³/mol. The number of fused-ring (bicyclic) bond motifs is 4. The molecule has 3 aromatic carbocycles. The summed E-state index contributed by atoms with van der Waals surface area (Å²) in [5.41, 5.74) is 2.39. The maximum absolute atomic E-state index is 12.2. The quantitative estimate of drug-likeness (QED) is 0.295. The molecular formula is C22H14O5. The van der Waals surface area contributed by atoms with Gasteiger partial charge in [0.25, 0.3) is 0 Å². The number of furan rings is 1. The lowest BCUT2D eigenvalue weighted by Crippen LogP contribution is -2.03. The molecule has 0 radical (unpaired) electrons. The highest BCUT2D eigenvalue weighted by molar-refractivity contribution is 6.05. The van der Waals surface area contributed by atoms with Crippen LogP contribution >= 0.6 is 0 Å². The molecule has 0 N–H and O–H groups in total. The van der Waals surface area contributed by atoms with E-state index >= 15 is 0 Å². The SMILES string of the molecule is O=C(C=Cc1ccc2c(c1)OCO2)Oc1ccc2oc3ccccc3c2c1. The maximum Gasteiger partial charge on any atom is 0.336 e. The lowest BCUT2D eigenvalue weighted by molar-refractivity contribution is -0.128. The maximum atomic E-state index is 12.2. The van der Waals surface area contributed by atoms with E-state index in [0.29, 0.717) is 17.2 Å². The van der Waals surface area contributed by atoms with Gasteiger partial charge in [-0.3, -0.25) is 0 Å². The topological polar surface area (TPSA) is 57.9 Å². The largest absolute Gasteiger partial charge is 0.456 e. The van der Waals surface area contributed by atoms with Crippen molar-refractivity contribution in [3.05, 3.63) is 72.3 Å². The molecule has 2 heterocycles. The molecule has 5 heteroatoms. The van der Waals surface area contributed by atoms with E-state index < -0.39 is 5.97 Å². The first-order chi connectivity index (χ1) is 13.3. The van der Waals surface area contributed by atoms with Crippen LogP contribution in [0.3, 0.4) is 0 Å². The molecule has 0 saturated carbocycles. The number of hydrogen-bond acceptors (Lipinski definition) is 5. The molecule has 0 bridgehead atoms. The van der Waals surface area contributed by atoms with Gasteiger partial charge >= 0.3 is 5.97 Å². The zero-order valence-electron chi connectivity index (χ0n) is 14.2. The van der Waals surface area contributed by atoms with Crippen molar-refractivity contribution in [2.75, 3.05) is 6.79 Å². The minimum Gasteiger partial charge on any atom is -0.456 e. The first-order valence-electron chi connectivity index (χ1n) is 8.47. The molecule has 5 nitrogen and oxygen atoms in total. The Morgan fingerprint density at radius 2 is 1.74 bits per heavy atom. The van der Waals surface area contributed by atoms with Crippen LogP contribution in [0.15, 0.2) is 71.2 Å². The van der Waals surface area contributed by atoms with Crippen molar-refractivity contribution in [2.24, 2.45) is 0 Å². The molecule has 27 heavy (non-hydrogen) atoms. The number of para-hydroxylation sites is 1. The van der Waals surface area contributed by atoms with Gasteiger partial charge in [-0.1, -0.05) is 24.3 Å². The van der Waals surface area contributed by atoms with Crippen LogP contribution in [0.25, 0.3) is 28.0 Å². The number of hydrogen-bond donors (Lipinski definition) is 0. The van der Waals surface area contributed by atoms with Crippen LogP contribution < -0.4 is 14.2 Å². The fourth-order valence-electron chi connectivity index (χ4n) is 3.10. The summed E-state index contributed by atoms with van der Waals surface area (Å²) in [7, 11) is 0. The first-order valence-corrected chi connectivity index (χ1v) is 8.47. The molecule has 1 aromatic heterocycles. The molecule has 5 rings (SSSR count). The third kappa shape index (κ3) is 2.89. The summed E-state index contributed by atoms with van der Waals surface area (Å²) in [6.45, 7) is 0.218. The third-order valence-electron chi connectivity index (χ3n) is 4.38. The molecule has 0 aliphatic carbocycles. The molecular weight excluding hydrogens is 344 g/mol. The van der Waals surface area contributed by atoms with Crippen LogP contribution in [-0.2, 0) is 4.79 Å². The van der Waals surface area contributed by atoms with Crippen LogP contribution in [0, 0.1) is 0 Å². The Kier molecular flexibility index (Phi) is 3.57. The van der Waals surface area contributed by atoms with Gasteiger partial charge in [0.15, 0.2) is 11.5 Å². The number of carbonyl (C=O) groups is 1. The van der Waals surface area contributed by atoms with E-state index in [9.17, 15) is 4.79 Å². The van der Waals surface area contributed by atoms with Crippen molar-refractivity contribution in [2.45, 2.75) is 0 Å². The van der Waals surface area contributed by atoms with Gasteiger partial charge in [-0.05, 0) is 48.0 Å². The van der Waals surface area contributed by atoms with Gasteiger partial charge in [-0.15, -0.1) is 0 Å². The highest BCUT2D eigenvalue weighted by Crippen LogP contribution is 2.33. The Morgan fingerprint density at radius 3 is 2.70 bits per heavy atom. The number of rotatable bonds is 3. The number of carbonyl (C=O) groups excluding carboxylic acids is 1. The van der Waals surface area contributed by atoms with Crippen LogP contribution in [0.2, 0.25) is 0 Å². The van der Waals surface area contributed by atoms with Gasteiger partial charge in [0.1, 0.15) is 16.9 Å². The first kappa shape index (κ1) is 15.5. The van der Waals surface area contributed by atoms with Crippen molar-refractivity contribution < 1.29 is 23.4 Å². The van der Waals surface area contributed by atoms with Crippen molar-refractivity contribution in [3.63, 3.8) is 0 Å². The predicted octanol–water partition coefficient (Wildman–Crippen LogP) is 4.93. The van der Waals surface area contributed by atoms with Crippen LogP contribution in [0.5, 0.6) is 17.2 Å². The Labute approximate surface area is 154 Å². The van der Waals surface area contributed by atoms with E-state index in [4.69, 9.17) is 18.6 Å². The van der Waals surface area contributed by atoms with E-state index in [1.54, 1.807) is 18.2 Å². The van der Waals surface area contributed by atoms with Gasteiger partial charge in [-0.2, -0.15) is 0 Å². The Morgan fingerprint density at radius 1 is 0.889 bits per heavy atom. The molecule has 1 aliphatic rings. The van der Waals surface area contributed by atoms with Gasteiger partial charge in [0.05, 0.1) is 0 Å². The summed E-state index contributed by atoms with van der Waals surface area (Å²) in [5.74, 6) is 1.38. The van der Waals surface area contributed by atoms with Crippen LogP contribution in [-0.4, -0.2) is 12.8 Å². The van der Waals surface area contributed by atoms with Gasteiger partial charge in [0, 0.05) is 16.8 Å². The Balaban J connectivity index is 1.36. The molecule has 0 unspecified atom stereocenters. The molecule has 0 fully saturated rings. The normalized spacial score (nSPS) is 12.9. The fraction of sp³-hybridized carbons (Fsp3) is 0.0455. The summed E-state index contributed by atoms with van der Waals surface area (Å²) in [6.07, 6.45) is 3.06. The zero-order chi connectivity index (χ0) is 18.2. The standard InChI is InChI=1S/C22H14O5/c23-22(10-6-14-5-8-20-21(11-14)25-13-24-20)26-15-7-9-19-17(12-15)16-3-1-2-4-18(16)27-19/h1-12H,13H2. The second-order valence-electron chi connectivity index (χ2n) is 6.12. The fourth-order valence-corrected chi connectivity index (χ4v) is 3.10. The minimum absolute atomic E-state index is 0.218.